The first-order valence-electron chi connectivity index (χ1n) is 5.56. The molecule has 0 bridgehead atoms. The maximum absolute atomic E-state index is 11.2. The Morgan fingerprint density at radius 1 is 1.41 bits per heavy atom. The van der Waals surface area contributed by atoms with E-state index in [4.69, 9.17) is 5.11 Å². The summed E-state index contributed by atoms with van der Waals surface area (Å²) in [5.74, 6) is -0.325. The summed E-state index contributed by atoms with van der Waals surface area (Å²) >= 11 is 0. The summed E-state index contributed by atoms with van der Waals surface area (Å²) in [6.45, 7) is 2.84. The minimum absolute atomic E-state index is 0.121. The Bertz CT molecular complexity index is 361. The number of methoxy groups -OCH3 is 1. The van der Waals surface area contributed by atoms with Crippen molar-refractivity contribution in [2.45, 2.75) is 19.5 Å². The van der Waals surface area contributed by atoms with Crippen molar-refractivity contribution in [2.75, 3.05) is 20.8 Å². The van der Waals surface area contributed by atoms with Crippen LogP contribution >= 0.6 is 0 Å². The van der Waals surface area contributed by atoms with E-state index in [9.17, 15) is 4.79 Å². The van der Waals surface area contributed by atoms with Crippen molar-refractivity contribution in [3.8, 4) is 0 Å². The molecule has 1 rings (SSSR count). The number of esters is 1. The minimum atomic E-state index is -0.325. The summed E-state index contributed by atoms with van der Waals surface area (Å²) in [5, 5.41) is 9.03. The number of likely N-dealkylation sites (N-methyl/N-ethyl adjacent to an activating group) is 1. The molecule has 1 atom stereocenters. The molecule has 0 aromatic heterocycles. The number of aliphatic hydroxyl groups is 1. The number of carbonyl (C=O) groups is 1. The van der Waals surface area contributed by atoms with Gasteiger partial charge in [0.1, 0.15) is 0 Å². The lowest BCUT2D eigenvalue weighted by Crippen LogP contribution is -2.31. The molecule has 0 saturated heterocycles. The molecule has 4 nitrogen and oxygen atoms in total. The van der Waals surface area contributed by atoms with Gasteiger partial charge >= 0.3 is 5.97 Å². The van der Waals surface area contributed by atoms with Gasteiger partial charge in [0.25, 0.3) is 0 Å². The number of carbonyl (C=O) groups excluding carboxylic acids is 1. The van der Waals surface area contributed by atoms with Crippen LogP contribution in [0.15, 0.2) is 24.3 Å². The highest BCUT2D eigenvalue weighted by molar-refractivity contribution is 5.89. The number of benzene rings is 1. The fourth-order valence-corrected chi connectivity index (χ4v) is 1.45. The maximum Gasteiger partial charge on any atom is 0.337 e. The van der Waals surface area contributed by atoms with Crippen molar-refractivity contribution in [1.82, 2.24) is 4.90 Å². The van der Waals surface area contributed by atoms with Gasteiger partial charge in [0.05, 0.1) is 19.3 Å². The van der Waals surface area contributed by atoms with E-state index in [0.717, 1.165) is 12.1 Å². The van der Waals surface area contributed by atoms with Crippen LogP contribution in [0.5, 0.6) is 0 Å². The van der Waals surface area contributed by atoms with E-state index >= 15 is 0 Å². The zero-order valence-electron chi connectivity index (χ0n) is 10.5. The third-order valence-electron chi connectivity index (χ3n) is 2.82. The zero-order chi connectivity index (χ0) is 12.8. The van der Waals surface area contributed by atoms with Crippen LogP contribution in [-0.2, 0) is 11.3 Å². The summed E-state index contributed by atoms with van der Waals surface area (Å²) in [5.41, 5.74) is 1.65. The lowest BCUT2D eigenvalue weighted by molar-refractivity contribution is 0.0600. The van der Waals surface area contributed by atoms with E-state index in [-0.39, 0.29) is 18.6 Å². The largest absolute Gasteiger partial charge is 0.465 e. The van der Waals surface area contributed by atoms with Crippen molar-refractivity contribution >= 4 is 5.97 Å². The van der Waals surface area contributed by atoms with Crippen LogP contribution < -0.4 is 0 Å². The van der Waals surface area contributed by atoms with Crippen molar-refractivity contribution in [3.63, 3.8) is 0 Å². The highest BCUT2D eigenvalue weighted by Gasteiger charge is 2.09. The lowest BCUT2D eigenvalue weighted by Gasteiger charge is -2.22. The van der Waals surface area contributed by atoms with Gasteiger partial charge in [0.15, 0.2) is 0 Å². The van der Waals surface area contributed by atoms with Crippen molar-refractivity contribution in [2.24, 2.45) is 0 Å². The van der Waals surface area contributed by atoms with Crippen LogP contribution in [0.3, 0.4) is 0 Å². The Hall–Kier alpha value is -1.39. The van der Waals surface area contributed by atoms with Crippen LogP contribution in [0.4, 0.5) is 0 Å². The van der Waals surface area contributed by atoms with Crippen LogP contribution in [0.25, 0.3) is 0 Å². The van der Waals surface area contributed by atoms with Gasteiger partial charge in [-0.2, -0.15) is 0 Å². The third-order valence-corrected chi connectivity index (χ3v) is 2.82. The molecule has 1 N–H and O–H groups in total. The molecule has 0 aliphatic rings. The van der Waals surface area contributed by atoms with Crippen molar-refractivity contribution < 1.29 is 14.6 Å². The van der Waals surface area contributed by atoms with Crippen LogP contribution in [0.2, 0.25) is 0 Å². The monoisotopic (exact) mass is 237 g/mol. The highest BCUT2D eigenvalue weighted by atomic mass is 16.5. The molecule has 0 aliphatic carbocycles. The van der Waals surface area contributed by atoms with Gasteiger partial charge in [-0.05, 0) is 31.7 Å². The number of hydrogen-bond donors (Lipinski definition) is 1. The SMILES string of the molecule is COC(=O)c1ccc(CN(C)C(C)CO)cc1. The number of ether oxygens (including phenoxy) is 1. The molecule has 1 aromatic rings. The molecule has 4 heteroatoms. The molecule has 0 amide bonds. The van der Waals surface area contributed by atoms with Crippen molar-refractivity contribution in [1.29, 1.82) is 0 Å². The maximum atomic E-state index is 11.2. The van der Waals surface area contributed by atoms with Crippen LogP contribution in [-0.4, -0.2) is 42.8 Å². The van der Waals surface area contributed by atoms with Crippen LogP contribution in [0, 0.1) is 0 Å². The van der Waals surface area contributed by atoms with Gasteiger partial charge < -0.3 is 9.84 Å². The predicted molar refractivity (Wildman–Crippen MR) is 65.8 cm³/mol. The molecule has 0 radical (unpaired) electrons. The Morgan fingerprint density at radius 3 is 2.47 bits per heavy atom. The Morgan fingerprint density at radius 2 is 2.00 bits per heavy atom. The van der Waals surface area contributed by atoms with E-state index in [1.54, 1.807) is 12.1 Å². The van der Waals surface area contributed by atoms with E-state index in [0.29, 0.717) is 5.56 Å². The minimum Gasteiger partial charge on any atom is -0.465 e. The number of rotatable bonds is 5. The predicted octanol–water partition coefficient (Wildman–Crippen LogP) is 1.29. The molecule has 17 heavy (non-hydrogen) atoms. The fourth-order valence-electron chi connectivity index (χ4n) is 1.45. The first-order valence-corrected chi connectivity index (χ1v) is 5.56. The molecule has 0 saturated carbocycles. The van der Waals surface area contributed by atoms with E-state index < -0.39 is 0 Å². The number of hydrogen-bond acceptors (Lipinski definition) is 4. The summed E-state index contributed by atoms with van der Waals surface area (Å²) in [6.07, 6.45) is 0. The van der Waals surface area contributed by atoms with E-state index in [1.807, 2.05) is 31.0 Å². The highest BCUT2D eigenvalue weighted by Crippen LogP contribution is 2.09. The first kappa shape index (κ1) is 13.7. The topological polar surface area (TPSA) is 49.8 Å². The Kier molecular flexibility index (Phi) is 5.12. The fraction of sp³-hybridized carbons (Fsp3) is 0.462. The molecule has 0 spiro atoms. The van der Waals surface area contributed by atoms with Gasteiger partial charge in [-0.1, -0.05) is 12.1 Å². The van der Waals surface area contributed by atoms with Gasteiger partial charge in [0, 0.05) is 12.6 Å². The number of nitrogens with zero attached hydrogens (tertiary/aromatic N) is 1. The number of aliphatic hydroxyl groups excluding tert-OH is 1. The molecule has 1 aromatic carbocycles. The zero-order valence-corrected chi connectivity index (χ0v) is 10.5. The molecular formula is C13H19NO3. The molecular weight excluding hydrogens is 218 g/mol. The van der Waals surface area contributed by atoms with E-state index in [1.165, 1.54) is 7.11 Å². The average molecular weight is 237 g/mol. The van der Waals surface area contributed by atoms with E-state index in [2.05, 4.69) is 4.74 Å². The quantitative estimate of drug-likeness (QED) is 0.784. The molecule has 0 heterocycles. The summed E-state index contributed by atoms with van der Waals surface area (Å²) in [7, 11) is 3.32. The molecule has 0 fully saturated rings. The van der Waals surface area contributed by atoms with Gasteiger partial charge in [0.2, 0.25) is 0 Å². The lowest BCUT2D eigenvalue weighted by atomic mass is 10.1. The second-order valence-corrected chi connectivity index (χ2v) is 4.14. The van der Waals surface area contributed by atoms with Gasteiger partial charge in [-0.25, -0.2) is 4.79 Å². The summed E-state index contributed by atoms with van der Waals surface area (Å²) < 4.78 is 4.63. The summed E-state index contributed by atoms with van der Waals surface area (Å²) in [6, 6.07) is 7.41. The average Bonchev–Trinajstić information content (AvgIpc) is 2.37. The second kappa shape index (κ2) is 6.37. The van der Waals surface area contributed by atoms with Crippen molar-refractivity contribution in [3.05, 3.63) is 35.4 Å². The second-order valence-electron chi connectivity index (χ2n) is 4.14. The standard InChI is InChI=1S/C13H19NO3/c1-10(9-15)14(2)8-11-4-6-12(7-5-11)13(16)17-3/h4-7,10,15H,8-9H2,1-3H3. The normalized spacial score (nSPS) is 12.5. The molecule has 0 aliphatic heterocycles. The first-order chi connectivity index (χ1) is 8.08. The molecule has 94 valence electrons. The Balaban J connectivity index is 2.65. The van der Waals surface area contributed by atoms with Gasteiger partial charge in [-0.3, -0.25) is 4.90 Å². The third kappa shape index (κ3) is 3.84. The van der Waals surface area contributed by atoms with Gasteiger partial charge in [-0.15, -0.1) is 0 Å². The molecule has 1 unspecified atom stereocenters. The van der Waals surface area contributed by atoms with Crippen LogP contribution in [0.1, 0.15) is 22.8 Å². The smallest absolute Gasteiger partial charge is 0.337 e. The Labute approximate surface area is 102 Å². The summed E-state index contributed by atoms with van der Waals surface area (Å²) in [4.78, 5) is 13.3.